The number of aryl methyl sites for hydroxylation is 1. The third-order valence-electron chi connectivity index (χ3n) is 5.30. The van der Waals surface area contributed by atoms with Crippen molar-refractivity contribution in [1.82, 2.24) is 29.5 Å². The second-order valence-electron chi connectivity index (χ2n) is 8.88. The number of benzene rings is 1. The van der Waals surface area contributed by atoms with Crippen LogP contribution in [0.1, 0.15) is 41.8 Å². The van der Waals surface area contributed by atoms with E-state index in [1.807, 2.05) is 39.8 Å². The van der Waals surface area contributed by atoms with E-state index >= 15 is 0 Å². The van der Waals surface area contributed by atoms with Crippen LogP contribution in [0.3, 0.4) is 0 Å². The van der Waals surface area contributed by atoms with Crippen LogP contribution in [0.4, 0.5) is 10.2 Å². The van der Waals surface area contributed by atoms with Crippen LogP contribution in [-0.4, -0.2) is 35.4 Å². The number of hydrogen-bond acceptors (Lipinski definition) is 6. The molecule has 4 aromatic heterocycles. The van der Waals surface area contributed by atoms with E-state index < -0.39 is 0 Å². The summed E-state index contributed by atoms with van der Waals surface area (Å²) in [5, 5.41) is 13.0. The minimum absolute atomic E-state index is 0.229. The molecule has 1 amide bonds. The number of carbonyl (C=O) groups is 1. The first kappa shape index (κ1) is 21.9. The van der Waals surface area contributed by atoms with Crippen LogP contribution in [0.15, 0.2) is 54.9 Å². The minimum atomic E-state index is -0.316. The monoisotopic (exact) mass is 475 g/mol. The summed E-state index contributed by atoms with van der Waals surface area (Å²) in [6.07, 6.45) is 3.25. The number of rotatable bonds is 4. The first-order valence-corrected chi connectivity index (χ1v) is 11.5. The molecule has 0 radical (unpaired) electrons. The van der Waals surface area contributed by atoms with Crippen LogP contribution >= 0.6 is 11.3 Å². The normalized spacial score (nSPS) is 11.8. The Morgan fingerprint density at radius 1 is 1.03 bits per heavy atom. The Bertz CT molecular complexity index is 1490. The SMILES string of the molecule is Cc1nn(-c2ccc(F)cc2)c2sc(C(=O)Nc3cc(C(C)(C)C)nn3-c3ncccn3)cc12. The standard InChI is InChI=1S/C24H22FN7OS/c1-14-17-12-18(34-22(17)31(29-14)16-8-6-15(25)7-9-16)21(33)28-20-13-19(24(2,3)4)30-32(20)23-26-10-5-11-27-23/h5-13H,1-4H3,(H,28,33). The Kier molecular flexibility index (Phi) is 5.24. The number of amides is 1. The van der Waals surface area contributed by atoms with Gasteiger partial charge in [0.1, 0.15) is 16.5 Å². The predicted molar refractivity (Wildman–Crippen MR) is 129 cm³/mol. The Labute approximate surface area is 199 Å². The summed E-state index contributed by atoms with van der Waals surface area (Å²) in [7, 11) is 0. The quantitative estimate of drug-likeness (QED) is 0.392. The van der Waals surface area contributed by atoms with Crippen molar-refractivity contribution in [3.63, 3.8) is 0 Å². The van der Waals surface area contributed by atoms with Crippen molar-refractivity contribution >= 4 is 33.3 Å². The van der Waals surface area contributed by atoms with Gasteiger partial charge in [0.15, 0.2) is 0 Å². The van der Waals surface area contributed by atoms with Crippen molar-refractivity contribution in [2.24, 2.45) is 0 Å². The third kappa shape index (κ3) is 3.96. The summed E-state index contributed by atoms with van der Waals surface area (Å²) in [4.78, 5) is 23.1. The van der Waals surface area contributed by atoms with E-state index in [0.717, 1.165) is 27.3 Å². The van der Waals surface area contributed by atoms with Gasteiger partial charge in [-0.2, -0.15) is 14.9 Å². The molecule has 0 atom stereocenters. The lowest BCUT2D eigenvalue weighted by molar-refractivity contribution is 0.103. The molecule has 5 aromatic rings. The second-order valence-corrected chi connectivity index (χ2v) is 9.91. The average molecular weight is 476 g/mol. The number of fused-ring (bicyclic) bond motifs is 1. The molecule has 0 aliphatic heterocycles. The molecule has 0 saturated carbocycles. The molecule has 0 saturated heterocycles. The van der Waals surface area contributed by atoms with Gasteiger partial charge in [-0.3, -0.25) is 4.79 Å². The number of aromatic nitrogens is 6. The number of halogens is 1. The fourth-order valence-corrected chi connectivity index (χ4v) is 4.56. The molecule has 4 heterocycles. The maximum atomic E-state index is 13.4. The molecular weight excluding hydrogens is 453 g/mol. The van der Waals surface area contributed by atoms with Gasteiger partial charge in [0.2, 0.25) is 0 Å². The summed E-state index contributed by atoms with van der Waals surface area (Å²) in [5.74, 6) is 0.260. The van der Waals surface area contributed by atoms with E-state index in [2.05, 4.69) is 25.5 Å². The summed E-state index contributed by atoms with van der Waals surface area (Å²) in [6, 6.07) is 11.5. The Morgan fingerprint density at radius 2 is 1.74 bits per heavy atom. The Morgan fingerprint density at radius 3 is 2.41 bits per heavy atom. The number of nitrogens with one attached hydrogen (secondary N) is 1. The lowest BCUT2D eigenvalue weighted by Gasteiger charge is -2.13. The van der Waals surface area contributed by atoms with Crippen LogP contribution in [0, 0.1) is 12.7 Å². The molecule has 0 unspecified atom stereocenters. The topological polar surface area (TPSA) is 90.5 Å². The van der Waals surface area contributed by atoms with Crippen LogP contribution in [0.2, 0.25) is 0 Å². The molecule has 172 valence electrons. The molecule has 0 spiro atoms. The summed E-state index contributed by atoms with van der Waals surface area (Å²) < 4.78 is 16.6. The van der Waals surface area contributed by atoms with Crippen LogP contribution in [-0.2, 0) is 5.41 Å². The van der Waals surface area contributed by atoms with Gasteiger partial charge in [0, 0.05) is 29.3 Å². The van der Waals surface area contributed by atoms with Gasteiger partial charge in [0.25, 0.3) is 11.9 Å². The molecule has 1 aromatic carbocycles. The van der Waals surface area contributed by atoms with Gasteiger partial charge >= 0.3 is 0 Å². The Balaban J connectivity index is 1.51. The molecule has 1 N–H and O–H groups in total. The number of hydrogen-bond donors (Lipinski definition) is 1. The van der Waals surface area contributed by atoms with Crippen molar-refractivity contribution in [2.45, 2.75) is 33.1 Å². The summed E-state index contributed by atoms with van der Waals surface area (Å²) >= 11 is 1.32. The summed E-state index contributed by atoms with van der Waals surface area (Å²) in [6.45, 7) is 8.03. The number of thiophene rings is 1. The zero-order chi connectivity index (χ0) is 24.0. The molecule has 0 bridgehead atoms. The first-order chi connectivity index (χ1) is 16.2. The van der Waals surface area contributed by atoms with Crippen molar-refractivity contribution in [2.75, 3.05) is 5.32 Å². The first-order valence-electron chi connectivity index (χ1n) is 10.6. The van der Waals surface area contributed by atoms with Crippen molar-refractivity contribution in [3.05, 3.63) is 76.9 Å². The second kappa shape index (κ2) is 8.14. The largest absolute Gasteiger partial charge is 0.306 e. The fourth-order valence-electron chi connectivity index (χ4n) is 3.48. The highest BCUT2D eigenvalue weighted by molar-refractivity contribution is 7.20. The molecule has 8 nitrogen and oxygen atoms in total. The molecule has 0 aliphatic carbocycles. The smallest absolute Gasteiger partial charge is 0.266 e. The van der Waals surface area contributed by atoms with E-state index in [9.17, 15) is 9.18 Å². The van der Waals surface area contributed by atoms with Crippen molar-refractivity contribution in [1.29, 1.82) is 0 Å². The molecule has 10 heteroatoms. The highest BCUT2D eigenvalue weighted by Crippen LogP contribution is 2.32. The number of anilines is 1. The fraction of sp³-hybridized carbons (Fsp3) is 0.208. The number of carbonyl (C=O) groups excluding carboxylic acids is 1. The van der Waals surface area contributed by atoms with Gasteiger partial charge < -0.3 is 5.32 Å². The van der Waals surface area contributed by atoms with Crippen LogP contribution in [0.5, 0.6) is 0 Å². The lowest BCUT2D eigenvalue weighted by Crippen LogP contribution is -2.15. The van der Waals surface area contributed by atoms with Crippen LogP contribution in [0.25, 0.3) is 21.9 Å². The van der Waals surface area contributed by atoms with E-state index in [0.29, 0.717) is 16.6 Å². The van der Waals surface area contributed by atoms with Crippen molar-refractivity contribution in [3.8, 4) is 11.6 Å². The van der Waals surface area contributed by atoms with E-state index in [1.54, 1.807) is 35.3 Å². The van der Waals surface area contributed by atoms with E-state index in [-0.39, 0.29) is 17.1 Å². The third-order valence-corrected chi connectivity index (χ3v) is 6.41. The Hall–Kier alpha value is -3.92. The van der Waals surface area contributed by atoms with Gasteiger partial charge in [-0.15, -0.1) is 11.3 Å². The molecular formula is C24H22FN7OS. The van der Waals surface area contributed by atoms with Gasteiger partial charge in [-0.1, -0.05) is 20.8 Å². The maximum absolute atomic E-state index is 13.4. The summed E-state index contributed by atoms with van der Waals surface area (Å²) in [5.41, 5.74) is 2.08. The van der Waals surface area contributed by atoms with Gasteiger partial charge in [-0.25, -0.2) is 19.0 Å². The predicted octanol–water partition coefficient (Wildman–Crippen LogP) is 5.06. The number of nitrogens with zero attached hydrogens (tertiary/aromatic N) is 6. The molecule has 34 heavy (non-hydrogen) atoms. The van der Waals surface area contributed by atoms with Crippen molar-refractivity contribution < 1.29 is 9.18 Å². The molecule has 0 aliphatic rings. The molecule has 0 fully saturated rings. The van der Waals surface area contributed by atoms with Gasteiger partial charge in [-0.05, 0) is 43.3 Å². The van der Waals surface area contributed by atoms with E-state index in [1.165, 1.54) is 28.2 Å². The zero-order valence-electron chi connectivity index (χ0n) is 19.1. The molecule has 5 rings (SSSR count). The van der Waals surface area contributed by atoms with Gasteiger partial charge in [0.05, 0.1) is 22.0 Å². The lowest BCUT2D eigenvalue weighted by atomic mass is 9.92. The highest BCUT2D eigenvalue weighted by Gasteiger charge is 2.24. The highest BCUT2D eigenvalue weighted by atomic mass is 32.1. The van der Waals surface area contributed by atoms with E-state index in [4.69, 9.17) is 0 Å². The maximum Gasteiger partial charge on any atom is 0.266 e. The minimum Gasteiger partial charge on any atom is -0.306 e. The van der Waals surface area contributed by atoms with Crippen LogP contribution < -0.4 is 5.32 Å². The average Bonchev–Trinajstić information content (AvgIpc) is 3.50. The zero-order valence-corrected chi connectivity index (χ0v) is 19.9.